The number of esters is 1. The second-order valence-corrected chi connectivity index (χ2v) is 7.58. The number of carbonyl (C=O) groups is 1. The lowest BCUT2D eigenvalue weighted by atomic mass is 9.84. The third-order valence-corrected chi connectivity index (χ3v) is 6.51. The van der Waals surface area contributed by atoms with Crippen molar-refractivity contribution in [2.75, 3.05) is 13.2 Å². The summed E-state index contributed by atoms with van der Waals surface area (Å²) in [6.45, 7) is 2.91. The van der Waals surface area contributed by atoms with Crippen LogP contribution in [-0.4, -0.2) is 51.2 Å². The molecule has 3 rings (SSSR count). The fraction of sp³-hybridized carbons (Fsp3) is 0.769. The summed E-state index contributed by atoms with van der Waals surface area (Å²) < 4.78 is 78.5. The van der Waals surface area contributed by atoms with Crippen molar-refractivity contribution in [1.82, 2.24) is 0 Å². The van der Waals surface area contributed by atoms with Gasteiger partial charge in [0.05, 0.1) is 18.6 Å². The molecule has 23 heavy (non-hydrogen) atoms. The SMILES string of the molecule is C=CC(=O)OCCOC1C2CC3C1OS(=O)(=O)C3C2C(F)(F)F. The molecule has 3 fully saturated rings. The number of ether oxygens (including phenoxy) is 2. The highest BCUT2D eigenvalue weighted by Gasteiger charge is 2.74. The van der Waals surface area contributed by atoms with Crippen LogP contribution in [0.25, 0.3) is 0 Å². The Balaban J connectivity index is 1.72. The normalized spacial score (nSPS) is 40.3. The zero-order chi connectivity index (χ0) is 17.0. The minimum Gasteiger partial charge on any atom is -0.460 e. The monoisotopic (exact) mass is 356 g/mol. The van der Waals surface area contributed by atoms with E-state index in [-0.39, 0.29) is 19.6 Å². The van der Waals surface area contributed by atoms with Gasteiger partial charge in [-0.2, -0.15) is 21.6 Å². The molecule has 2 aliphatic carbocycles. The lowest BCUT2D eigenvalue weighted by molar-refractivity contribution is -0.201. The van der Waals surface area contributed by atoms with Gasteiger partial charge in [0.1, 0.15) is 18.0 Å². The second kappa shape index (κ2) is 5.45. The summed E-state index contributed by atoms with van der Waals surface area (Å²) in [7, 11) is -4.24. The van der Waals surface area contributed by atoms with E-state index in [1.807, 2.05) is 0 Å². The first-order chi connectivity index (χ1) is 10.7. The molecule has 1 heterocycles. The van der Waals surface area contributed by atoms with Crippen molar-refractivity contribution < 1.29 is 40.0 Å². The first-order valence-corrected chi connectivity index (χ1v) is 8.53. The molecule has 10 heteroatoms. The van der Waals surface area contributed by atoms with E-state index in [0.29, 0.717) is 0 Å². The van der Waals surface area contributed by atoms with Gasteiger partial charge in [0.25, 0.3) is 10.1 Å². The Kier molecular flexibility index (Phi) is 3.96. The van der Waals surface area contributed by atoms with Crippen LogP contribution in [-0.2, 0) is 28.6 Å². The van der Waals surface area contributed by atoms with Gasteiger partial charge in [0.15, 0.2) is 0 Å². The Morgan fingerprint density at radius 3 is 2.61 bits per heavy atom. The molecular weight excluding hydrogens is 341 g/mol. The quantitative estimate of drug-likeness (QED) is 0.317. The maximum Gasteiger partial charge on any atom is 0.393 e. The Morgan fingerprint density at radius 2 is 2.00 bits per heavy atom. The molecule has 0 aromatic carbocycles. The molecule has 0 radical (unpaired) electrons. The molecule has 130 valence electrons. The Labute approximate surface area is 130 Å². The van der Waals surface area contributed by atoms with Crippen LogP contribution in [0.2, 0.25) is 0 Å². The predicted octanol–water partition coefficient (Wildman–Crippen LogP) is 1.03. The summed E-state index contributed by atoms with van der Waals surface area (Å²) >= 11 is 0. The van der Waals surface area contributed by atoms with Gasteiger partial charge in [0, 0.05) is 17.9 Å². The zero-order valence-corrected chi connectivity index (χ0v) is 12.7. The number of alkyl halides is 3. The van der Waals surface area contributed by atoms with Gasteiger partial charge in [-0.3, -0.25) is 4.18 Å². The Bertz CT molecular complexity index is 616. The largest absolute Gasteiger partial charge is 0.460 e. The van der Waals surface area contributed by atoms with Crippen molar-refractivity contribution in [1.29, 1.82) is 0 Å². The molecule has 6 nitrogen and oxygen atoms in total. The van der Waals surface area contributed by atoms with E-state index >= 15 is 0 Å². The van der Waals surface area contributed by atoms with Crippen molar-refractivity contribution in [3.8, 4) is 0 Å². The third kappa shape index (κ3) is 2.66. The average molecular weight is 356 g/mol. The predicted molar refractivity (Wildman–Crippen MR) is 69.6 cm³/mol. The van der Waals surface area contributed by atoms with Crippen LogP contribution in [0.4, 0.5) is 13.2 Å². The van der Waals surface area contributed by atoms with E-state index in [4.69, 9.17) is 8.92 Å². The maximum absolute atomic E-state index is 13.3. The van der Waals surface area contributed by atoms with Crippen molar-refractivity contribution in [2.24, 2.45) is 17.8 Å². The van der Waals surface area contributed by atoms with Crippen molar-refractivity contribution in [3.63, 3.8) is 0 Å². The molecule has 0 amide bonds. The Morgan fingerprint density at radius 1 is 1.30 bits per heavy atom. The van der Waals surface area contributed by atoms with Crippen molar-refractivity contribution in [3.05, 3.63) is 12.7 Å². The number of hydrogen-bond donors (Lipinski definition) is 0. The van der Waals surface area contributed by atoms with E-state index in [9.17, 15) is 26.4 Å². The van der Waals surface area contributed by atoms with Gasteiger partial charge in [0.2, 0.25) is 0 Å². The number of halogens is 3. The highest BCUT2D eigenvalue weighted by Crippen LogP contribution is 2.62. The first-order valence-electron chi connectivity index (χ1n) is 7.06. The average Bonchev–Trinajstić information content (AvgIpc) is 3.03. The summed E-state index contributed by atoms with van der Waals surface area (Å²) in [5.74, 6) is -4.30. The minimum atomic E-state index is -4.63. The summed E-state index contributed by atoms with van der Waals surface area (Å²) in [4.78, 5) is 10.9. The lowest BCUT2D eigenvalue weighted by Crippen LogP contribution is -2.47. The first kappa shape index (κ1) is 16.7. The van der Waals surface area contributed by atoms with Crippen molar-refractivity contribution >= 4 is 16.1 Å². The fourth-order valence-electron chi connectivity index (χ4n) is 4.02. The van der Waals surface area contributed by atoms with Gasteiger partial charge in [-0.05, 0) is 6.42 Å². The molecule has 0 spiro atoms. The smallest absolute Gasteiger partial charge is 0.393 e. The standard InChI is InChI=1S/C13H15F3O6S/c1-2-8(17)20-3-4-21-10-6-5-7-11(10)22-23(18,19)12(7)9(6)13(14,15)16/h2,6-7,9-12H,1,3-5H2. The maximum atomic E-state index is 13.3. The fourth-order valence-corrected chi connectivity index (χ4v) is 6.12. The number of carbonyl (C=O) groups excluding carboxylic acids is 1. The van der Waals surface area contributed by atoms with Crippen LogP contribution in [0, 0.1) is 17.8 Å². The van der Waals surface area contributed by atoms with E-state index in [1.54, 1.807) is 0 Å². The number of rotatable bonds is 5. The molecule has 1 aliphatic heterocycles. The van der Waals surface area contributed by atoms with Crippen LogP contribution in [0.5, 0.6) is 0 Å². The van der Waals surface area contributed by atoms with E-state index in [0.717, 1.165) is 6.08 Å². The highest BCUT2D eigenvalue weighted by molar-refractivity contribution is 7.87. The van der Waals surface area contributed by atoms with Crippen LogP contribution in [0.3, 0.4) is 0 Å². The molecule has 0 aromatic rings. The van der Waals surface area contributed by atoms with Crippen LogP contribution in [0.1, 0.15) is 6.42 Å². The summed E-state index contributed by atoms with van der Waals surface area (Å²) in [6, 6.07) is 0. The molecule has 6 unspecified atom stereocenters. The van der Waals surface area contributed by atoms with Gasteiger partial charge < -0.3 is 9.47 Å². The Hall–Kier alpha value is -1.13. The minimum absolute atomic E-state index is 0.107. The molecule has 1 saturated heterocycles. The van der Waals surface area contributed by atoms with Gasteiger partial charge >= 0.3 is 12.1 Å². The number of fused-ring (bicyclic) bond motifs is 1. The second-order valence-electron chi connectivity index (χ2n) is 5.86. The molecule has 0 N–H and O–H groups in total. The summed E-state index contributed by atoms with van der Waals surface area (Å²) in [5.41, 5.74) is 0. The van der Waals surface area contributed by atoms with Crippen LogP contribution >= 0.6 is 0 Å². The van der Waals surface area contributed by atoms with Crippen LogP contribution < -0.4 is 0 Å². The van der Waals surface area contributed by atoms with Gasteiger partial charge in [-0.15, -0.1) is 0 Å². The molecule has 2 bridgehead atoms. The summed E-state index contributed by atoms with van der Waals surface area (Å²) in [6.07, 6.45) is -5.43. The summed E-state index contributed by atoms with van der Waals surface area (Å²) in [5, 5.41) is -1.53. The van der Waals surface area contributed by atoms with E-state index < -0.39 is 57.5 Å². The van der Waals surface area contributed by atoms with E-state index in [1.165, 1.54) is 0 Å². The molecule has 0 aromatic heterocycles. The van der Waals surface area contributed by atoms with Crippen molar-refractivity contribution in [2.45, 2.75) is 30.1 Å². The third-order valence-electron chi connectivity index (χ3n) is 4.71. The van der Waals surface area contributed by atoms with Gasteiger partial charge in [-0.1, -0.05) is 6.58 Å². The topological polar surface area (TPSA) is 78.9 Å². The van der Waals surface area contributed by atoms with Gasteiger partial charge in [-0.25, -0.2) is 4.79 Å². The van der Waals surface area contributed by atoms with E-state index in [2.05, 4.69) is 11.3 Å². The molecular formula is C13H15F3O6S. The number of hydrogen-bond acceptors (Lipinski definition) is 6. The molecule has 6 atom stereocenters. The molecule has 3 aliphatic rings. The highest BCUT2D eigenvalue weighted by atomic mass is 32.2. The zero-order valence-electron chi connectivity index (χ0n) is 11.9. The van der Waals surface area contributed by atoms with Crippen LogP contribution in [0.15, 0.2) is 12.7 Å². The molecule has 2 saturated carbocycles. The lowest BCUT2D eigenvalue weighted by Gasteiger charge is -2.32.